The second kappa shape index (κ2) is 4.62. The Balaban J connectivity index is 2.10. The summed E-state index contributed by atoms with van der Waals surface area (Å²) in [6, 6.07) is -0.870. The van der Waals surface area contributed by atoms with Crippen LogP contribution < -0.4 is 5.32 Å². The van der Waals surface area contributed by atoms with Gasteiger partial charge in [0.05, 0.1) is 12.0 Å². The number of hydrogen-bond acceptors (Lipinski definition) is 4. The molecule has 2 aliphatic heterocycles. The smallest absolute Gasteiger partial charge is 0.326 e. The molecular formula is C11H18N2O4. The molecule has 0 bridgehead atoms. The zero-order valence-electron chi connectivity index (χ0n) is 9.80. The third kappa shape index (κ3) is 2.28. The molecule has 2 heterocycles. The van der Waals surface area contributed by atoms with Crippen molar-refractivity contribution in [3.05, 3.63) is 0 Å². The summed E-state index contributed by atoms with van der Waals surface area (Å²) in [5, 5.41) is 21.7. The minimum absolute atomic E-state index is 0.135. The van der Waals surface area contributed by atoms with Crippen LogP contribution in [0.15, 0.2) is 0 Å². The van der Waals surface area contributed by atoms with E-state index < -0.39 is 18.1 Å². The summed E-state index contributed by atoms with van der Waals surface area (Å²) in [7, 11) is 0. The first-order chi connectivity index (χ1) is 8.00. The molecule has 2 unspecified atom stereocenters. The van der Waals surface area contributed by atoms with E-state index in [9.17, 15) is 14.7 Å². The number of likely N-dealkylation sites (tertiary alicyclic amines) is 1. The molecule has 1 amide bonds. The van der Waals surface area contributed by atoms with Crippen molar-refractivity contribution in [2.24, 2.45) is 11.8 Å². The Labute approximate surface area is 99.6 Å². The van der Waals surface area contributed by atoms with E-state index in [2.05, 4.69) is 5.32 Å². The molecule has 0 radical (unpaired) electrons. The third-order valence-corrected chi connectivity index (χ3v) is 3.68. The molecule has 2 rings (SSSR count). The Kier molecular flexibility index (Phi) is 3.35. The maximum absolute atomic E-state index is 12.2. The monoisotopic (exact) mass is 242 g/mol. The fraction of sp³-hybridized carbons (Fsp3) is 0.818. The van der Waals surface area contributed by atoms with Crippen molar-refractivity contribution in [1.29, 1.82) is 0 Å². The fourth-order valence-electron chi connectivity index (χ4n) is 2.65. The summed E-state index contributed by atoms with van der Waals surface area (Å²) < 4.78 is 0. The molecule has 2 saturated heterocycles. The van der Waals surface area contributed by atoms with Gasteiger partial charge in [-0.15, -0.1) is 0 Å². The average molecular weight is 242 g/mol. The molecule has 0 aromatic heterocycles. The number of carboxylic acids is 1. The van der Waals surface area contributed by atoms with Gasteiger partial charge in [-0.3, -0.25) is 4.79 Å². The van der Waals surface area contributed by atoms with Crippen molar-refractivity contribution in [2.75, 3.05) is 19.6 Å². The first-order valence-electron chi connectivity index (χ1n) is 5.92. The Hall–Kier alpha value is -1.14. The Bertz CT molecular complexity index is 333. The summed E-state index contributed by atoms with van der Waals surface area (Å²) in [6.45, 7) is 3.49. The Morgan fingerprint density at radius 1 is 1.35 bits per heavy atom. The van der Waals surface area contributed by atoms with Gasteiger partial charge in [0.25, 0.3) is 0 Å². The van der Waals surface area contributed by atoms with E-state index in [-0.39, 0.29) is 30.7 Å². The van der Waals surface area contributed by atoms with Gasteiger partial charge in [0.15, 0.2) is 0 Å². The molecule has 0 aliphatic carbocycles. The van der Waals surface area contributed by atoms with E-state index in [0.29, 0.717) is 6.54 Å². The van der Waals surface area contributed by atoms with Crippen LogP contribution in [0.5, 0.6) is 0 Å². The van der Waals surface area contributed by atoms with Crippen LogP contribution in [0.3, 0.4) is 0 Å². The number of carbonyl (C=O) groups is 2. The molecule has 6 nitrogen and oxygen atoms in total. The van der Waals surface area contributed by atoms with E-state index in [1.54, 1.807) is 0 Å². The molecule has 0 spiro atoms. The minimum Gasteiger partial charge on any atom is -0.480 e. The minimum atomic E-state index is -1.03. The topological polar surface area (TPSA) is 89.9 Å². The van der Waals surface area contributed by atoms with Crippen molar-refractivity contribution in [2.45, 2.75) is 25.5 Å². The van der Waals surface area contributed by atoms with Gasteiger partial charge >= 0.3 is 5.97 Å². The molecule has 17 heavy (non-hydrogen) atoms. The van der Waals surface area contributed by atoms with Gasteiger partial charge in [-0.25, -0.2) is 4.79 Å². The number of carbonyl (C=O) groups excluding carboxylic acids is 1. The van der Waals surface area contributed by atoms with Crippen LogP contribution >= 0.6 is 0 Å². The highest BCUT2D eigenvalue weighted by Crippen LogP contribution is 2.25. The molecule has 96 valence electrons. The zero-order chi connectivity index (χ0) is 12.6. The lowest BCUT2D eigenvalue weighted by Gasteiger charge is -2.25. The second-order valence-electron chi connectivity index (χ2n) is 4.98. The first kappa shape index (κ1) is 12.3. The SMILES string of the molecule is CC1CNCC1C(=O)N1C[C@H](O)C[C@H]1C(=O)O. The number of aliphatic carboxylic acids is 1. The van der Waals surface area contributed by atoms with E-state index in [4.69, 9.17) is 5.11 Å². The molecule has 6 heteroatoms. The van der Waals surface area contributed by atoms with Crippen molar-refractivity contribution >= 4 is 11.9 Å². The van der Waals surface area contributed by atoms with Crippen LogP contribution in [0.25, 0.3) is 0 Å². The molecule has 0 aromatic carbocycles. The third-order valence-electron chi connectivity index (χ3n) is 3.68. The van der Waals surface area contributed by atoms with E-state index >= 15 is 0 Å². The van der Waals surface area contributed by atoms with Gasteiger partial charge < -0.3 is 20.4 Å². The second-order valence-corrected chi connectivity index (χ2v) is 4.98. The van der Waals surface area contributed by atoms with E-state index in [0.717, 1.165) is 6.54 Å². The number of amides is 1. The standard InChI is InChI=1S/C11H18N2O4/c1-6-3-12-4-8(6)10(15)13-5-7(14)2-9(13)11(16)17/h6-9,12,14H,2-5H2,1H3,(H,16,17)/t6?,7-,8?,9+/m1/s1. The summed E-state index contributed by atoms with van der Waals surface area (Å²) in [5.74, 6) is -1.13. The van der Waals surface area contributed by atoms with Crippen LogP contribution in [-0.4, -0.2) is 58.8 Å². The number of aliphatic hydroxyl groups is 1. The van der Waals surface area contributed by atoms with Crippen LogP contribution in [0.1, 0.15) is 13.3 Å². The van der Waals surface area contributed by atoms with Crippen LogP contribution in [-0.2, 0) is 9.59 Å². The van der Waals surface area contributed by atoms with Crippen LogP contribution in [0.4, 0.5) is 0 Å². The number of hydrogen-bond donors (Lipinski definition) is 3. The summed E-state index contributed by atoms with van der Waals surface area (Å²) in [6.07, 6.45) is -0.583. The molecule has 2 aliphatic rings. The predicted octanol–water partition coefficient (Wildman–Crippen LogP) is -1.11. The zero-order valence-corrected chi connectivity index (χ0v) is 9.80. The Morgan fingerprint density at radius 2 is 2.06 bits per heavy atom. The van der Waals surface area contributed by atoms with Crippen LogP contribution in [0, 0.1) is 11.8 Å². The highest BCUT2D eigenvalue weighted by atomic mass is 16.4. The molecule has 2 fully saturated rings. The lowest BCUT2D eigenvalue weighted by molar-refractivity contribution is -0.150. The quantitative estimate of drug-likeness (QED) is 0.571. The molecule has 0 saturated carbocycles. The number of nitrogens with one attached hydrogen (secondary N) is 1. The summed E-state index contributed by atoms with van der Waals surface area (Å²) in [5.41, 5.74) is 0. The fourth-order valence-corrected chi connectivity index (χ4v) is 2.65. The number of β-amino-alcohol motifs (C(OH)–C–C–N with tert-alkyl or cyclic N) is 1. The van der Waals surface area contributed by atoms with Crippen molar-refractivity contribution < 1.29 is 19.8 Å². The first-order valence-corrected chi connectivity index (χ1v) is 5.92. The molecule has 0 aromatic rings. The molecular weight excluding hydrogens is 224 g/mol. The van der Waals surface area contributed by atoms with Crippen molar-refractivity contribution in [3.63, 3.8) is 0 Å². The largest absolute Gasteiger partial charge is 0.480 e. The number of nitrogens with zero attached hydrogens (tertiary/aromatic N) is 1. The van der Waals surface area contributed by atoms with Gasteiger partial charge in [-0.05, 0) is 12.5 Å². The summed E-state index contributed by atoms with van der Waals surface area (Å²) in [4.78, 5) is 24.6. The average Bonchev–Trinajstić information content (AvgIpc) is 2.83. The van der Waals surface area contributed by atoms with E-state index in [1.165, 1.54) is 4.90 Å². The number of carboxylic acid groups (broad SMARTS) is 1. The lowest BCUT2D eigenvalue weighted by atomic mass is 9.96. The normalized spacial score (nSPS) is 37.4. The maximum Gasteiger partial charge on any atom is 0.326 e. The van der Waals surface area contributed by atoms with Gasteiger partial charge in [-0.2, -0.15) is 0 Å². The van der Waals surface area contributed by atoms with Gasteiger partial charge in [0, 0.05) is 19.5 Å². The van der Waals surface area contributed by atoms with Gasteiger partial charge in [0.2, 0.25) is 5.91 Å². The van der Waals surface area contributed by atoms with Gasteiger partial charge in [-0.1, -0.05) is 6.92 Å². The van der Waals surface area contributed by atoms with Crippen molar-refractivity contribution in [1.82, 2.24) is 10.2 Å². The Morgan fingerprint density at radius 3 is 2.59 bits per heavy atom. The number of aliphatic hydroxyl groups excluding tert-OH is 1. The highest BCUT2D eigenvalue weighted by Gasteiger charge is 2.43. The predicted molar refractivity (Wildman–Crippen MR) is 59.3 cm³/mol. The van der Waals surface area contributed by atoms with Gasteiger partial charge in [0.1, 0.15) is 6.04 Å². The van der Waals surface area contributed by atoms with E-state index in [1.807, 2.05) is 6.92 Å². The molecule has 4 atom stereocenters. The maximum atomic E-state index is 12.2. The number of rotatable bonds is 2. The van der Waals surface area contributed by atoms with Crippen molar-refractivity contribution in [3.8, 4) is 0 Å². The van der Waals surface area contributed by atoms with Crippen LogP contribution in [0.2, 0.25) is 0 Å². The summed E-state index contributed by atoms with van der Waals surface area (Å²) >= 11 is 0. The highest BCUT2D eigenvalue weighted by molar-refractivity contribution is 5.86. The lowest BCUT2D eigenvalue weighted by Crippen LogP contribution is -2.45. The molecule has 3 N–H and O–H groups in total.